The van der Waals surface area contributed by atoms with Crippen LogP contribution >= 0.6 is 0 Å². The predicted octanol–water partition coefficient (Wildman–Crippen LogP) is 2.79. The molecule has 0 N–H and O–H groups in total. The summed E-state index contributed by atoms with van der Waals surface area (Å²) >= 11 is 0. The fraction of sp³-hybridized carbons (Fsp3) is 0.696. The van der Waals surface area contributed by atoms with Gasteiger partial charge in [0.1, 0.15) is 18.0 Å². The van der Waals surface area contributed by atoms with Gasteiger partial charge in [-0.05, 0) is 56.9 Å². The number of likely N-dealkylation sites (tertiary alicyclic amines) is 1. The van der Waals surface area contributed by atoms with Crippen molar-refractivity contribution in [1.29, 1.82) is 0 Å². The van der Waals surface area contributed by atoms with Gasteiger partial charge in [0.2, 0.25) is 0 Å². The van der Waals surface area contributed by atoms with Crippen molar-refractivity contribution in [2.24, 2.45) is 7.05 Å². The van der Waals surface area contributed by atoms with Gasteiger partial charge < -0.3 is 9.80 Å². The Labute approximate surface area is 180 Å². The first-order valence-corrected chi connectivity index (χ1v) is 11.6. The van der Waals surface area contributed by atoms with Gasteiger partial charge in [-0.3, -0.25) is 9.58 Å². The lowest BCUT2D eigenvalue weighted by atomic mass is 9.95. The van der Waals surface area contributed by atoms with E-state index < -0.39 is 0 Å². The van der Waals surface area contributed by atoms with Crippen molar-refractivity contribution in [2.75, 3.05) is 37.0 Å². The molecule has 30 heavy (non-hydrogen) atoms. The highest BCUT2D eigenvalue weighted by molar-refractivity contribution is 5.51. The molecule has 2 aliphatic carbocycles. The highest BCUT2D eigenvalue weighted by Gasteiger charge is 2.37. The molecule has 7 nitrogen and oxygen atoms in total. The lowest BCUT2D eigenvalue weighted by Gasteiger charge is -2.39. The topological polar surface area (TPSA) is 53.3 Å². The Hall–Kier alpha value is -2.15. The first-order chi connectivity index (χ1) is 14.6. The summed E-state index contributed by atoms with van der Waals surface area (Å²) in [5, 5.41) is 4.82. The second-order valence-electron chi connectivity index (χ2n) is 9.48. The third kappa shape index (κ3) is 3.92. The molecule has 0 unspecified atom stereocenters. The van der Waals surface area contributed by atoms with Crippen LogP contribution in [0.2, 0.25) is 0 Å². The summed E-state index contributed by atoms with van der Waals surface area (Å²) in [5.41, 5.74) is 4.35. The number of aryl methyl sites for hydroxylation is 2. The lowest BCUT2D eigenvalue weighted by molar-refractivity contribution is 0.195. The Morgan fingerprint density at radius 2 is 1.67 bits per heavy atom. The van der Waals surface area contributed by atoms with Crippen LogP contribution < -0.4 is 9.80 Å². The van der Waals surface area contributed by atoms with Crippen LogP contribution in [-0.2, 0) is 26.4 Å². The number of aromatic nitrogens is 4. The molecule has 0 spiro atoms. The van der Waals surface area contributed by atoms with E-state index in [1.165, 1.54) is 56.3 Å². The van der Waals surface area contributed by atoms with E-state index in [-0.39, 0.29) is 0 Å². The molecule has 2 aromatic heterocycles. The Kier molecular flexibility index (Phi) is 5.39. The van der Waals surface area contributed by atoms with E-state index in [1.807, 2.05) is 14.1 Å². The van der Waals surface area contributed by atoms with Gasteiger partial charge in [-0.2, -0.15) is 5.10 Å². The second kappa shape index (κ2) is 8.17. The smallest absolute Gasteiger partial charge is 0.134 e. The van der Waals surface area contributed by atoms with E-state index in [0.717, 1.165) is 37.7 Å². The molecule has 2 aromatic rings. The molecule has 0 atom stereocenters. The van der Waals surface area contributed by atoms with Gasteiger partial charge in [0, 0.05) is 58.9 Å². The quantitative estimate of drug-likeness (QED) is 0.731. The summed E-state index contributed by atoms with van der Waals surface area (Å²) in [4.78, 5) is 16.4. The van der Waals surface area contributed by atoms with Gasteiger partial charge in [0.05, 0.1) is 11.4 Å². The number of nitrogens with zero attached hydrogens (tertiary/aromatic N) is 7. The third-order valence-electron chi connectivity index (χ3n) is 7.07. The van der Waals surface area contributed by atoms with Crippen molar-refractivity contribution in [1.82, 2.24) is 24.6 Å². The standard InChI is InChI=1S/C23H35N7/c1-27(2)22-14-23(25-16-24-22)30(17-8-9-17)18-10-12-29(13-11-18)15-21-19-6-4-5-7-20(19)26-28(21)3/h14,16-18H,4-13,15H2,1-3H3. The molecule has 2 fully saturated rings. The fourth-order valence-electron chi connectivity index (χ4n) is 5.26. The molecule has 162 valence electrons. The number of anilines is 2. The van der Waals surface area contributed by atoms with Gasteiger partial charge >= 0.3 is 0 Å². The Morgan fingerprint density at radius 1 is 0.967 bits per heavy atom. The van der Waals surface area contributed by atoms with E-state index in [0.29, 0.717) is 12.1 Å². The maximum absolute atomic E-state index is 4.82. The second-order valence-corrected chi connectivity index (χ2v) is 9.48. The van der Waals surface area contributed by atoms with E-state index >= 15 is 0 Å². The van der Waals surface area contributed by atoms with Crippen LogP contribution in [0.5, 0.6) is 0 Å². The molecule has 3 aliphatic rings. The summed E-state index contributed by atoms with van der Waals surface area (Å²) in [6, 6.07) is 3.40. The fourth-order valence-corrected chi connectivity index (χ4v) is 5.26. The zero-order chi connectivity index (χ0) is 20.7. The summed E-state index contributed by atoms with van der Waals surface area (Å²) in [7, 11) is 6.22. The molecule has 1 aliphatic heterocycles. The van der Waals surface area contributed by atoms with Crippen LogP contribution in [0, 0.1) is 0 Å². The zero-order valence-corrected chi connectivity index (χ0v) is 18.7. The summed E-state index contributed by atoms with van der Waals surface area (Å²) in [6.07, 6.45) is 11.7. The minimum absolute atomic E-state index is 0.583. The molecular weight excluding hydrogens is 374 g/mol. The van der Waals surface area contributed by atoms with E-state index in [9.17, 15) is 0 Å². The molecule has 0 bridgehead atoms. The van der Waals surface area contributed by atoms with Crippen LogP contribution in [0.25, 0.3) is 0 Å². The van der Waals surface area contributed by atoms with Crippen molar-refractivity contribution in [3.8, 4) is 0 Å². The average Bonchev–Trinajstić information content (AvgIpc) is 3.54. The Bertz CT molecular complexity index is 878. The first-order valence-electron chi connectivity index (χ1n) is 11.6. The van der Waals surface area contributed by atoms with Crippen molar-refractivity contribution < 1.29 is 0 Å². The SMILES string of the molecule is CN(C)c1cc(N(C2CC2)C2CCN(Cc3c4c(nn3C)CCCC4)CC2)ncn1. The molecule has 1 saturated heterocycles. The van der Waals surface area contributed by atoms with Crippen molar-refractivity contribution >= 4 is 11.6 Å². The van der Waals surface area contributed by atoms with Gasteiger partial charge in [-0.25, -0.2) is 9.97 Å². The van der Waals surface area contributed by atoms with E-state index in [2.05, 4.69) is 42.5 Å². The van der Waals surface area contributed by atoms with Gasteiger partial charge in [-0.15, -0.1) is 0 Å². The molecule has 0 amide bonds. The normalized spacial score (nSPS) is 20.2. The summed E-state index contributed by atoms with van der Waals surface area (Å²) in [5.74, 6) is 2.10. The minimum Gasteiger partial charge on any atom is -0.363 e. The molecule has 7 heteroatoms. The van der Waals surface area contributed by atoms with Gasteiger partial charge in [0.25, 0.3) is 0 Å². The van der Waals surface area contributed by atoms with Crippen LogP contribution in [0.3, 0.4) is 0 Å². The number of piperidine rings is 1. The lowest BCUT2D eigenvalue weighted by Crippen LogP contribution is -2.46. The molecule has 5 rings (SSSR count). The van der Waals surface area contributed by atoms with E-state index in [1.54, 1.807) is 11.9 Å². The highest BCUT2D eigenvalue weighted by atomic mass is 15.3. The van der Waals surface area contributed by atoms with Crippen molar-refractivity contribution in [3.05, 3.63) is 29.3 Å². The minimum atomic E-state index is 0.583. The highest BCUT2D eigenvalue weighted by Crippen LogP contribution is 2.36. The number of rotatable bonds is 6. The monoisotopic (exact) mass is 409 g/mol. The van der Waals surface area contributed by atoms with Crippen molar-refractivity contribution in [2.45, 2.75) is 70.0 Å². The third-order valence-corrected chi connectivity index (χ3v) is 7.07. The molecule has 1 saturated carbocycles. The van der Waals surface area contributed by atoms with Crippen LogP contribution in [0.1, 0.15) is 55.5 Å². The average molecular weight is 410 g/mol. The number of hydrogen-bond donors (Lipinski definition) is 0. The summed E-state index contributed by atoms with van der Waals surface area (Å²) in [6.45, 7) is 3.35. The van der Waals surface area contributed by atoms with Crippen molar-refractivity contribution in [3.63, 3.8) is 0 Å². The number of fused-ring (bicyclic) bond motifs is 1. The number of hydrogen-bond acceptors (Lipinski definition) is 6. The molecular formula is C23H35N7. The van der Waals surface area contributed by atoms with E-state index in [4.69, 9.17) is 5.10 Å². The first kappa shape index (κ1) is 19.8. The van der Waals surface area contributed by atoms with Gasteiger partial charge in [0.15, 0.2) is 0 Å². The van der Waals surface area contributed by atoms with Gasteiger partial charge in [-0.1, -0.05) is 0 Å². The molecule has 0 aromatic carbocycles. The molecule has 0 radical (unpaired) electrons. The molecule has 3 heterocycles. The summed E-state index contributed by atoms with van der Waals surface area (Å²) < 4.78 is 2.16. The maximum atomic E-state index is 4.82. The maximum Gasteiger partial charge on any atom is 0.134 e. The van der Waals surface area contributed by atoms with Crippen LogP contribution in [0.15, 0.2) is 12.4 Å². The zero-order valence-electron chi connectivity index (χ0n) is 18.7. The predicted molar refractivity (Wildman–Crippen MR) is 120 cm³/mol. The Balaban J connectivity index is 1.26. The van der Waals surface area contributed by atoms with Crippen LogP contribution in [-0.4, -0.2) is 63.9 Å². The Morgan fingerprint density at radius 3 is 2.40 bits per heavy atom. The largest absolute Gasteiger partial charge is 0.363 e. The van der Waals surface area contributed by atoms with Crippen LogP contribution in [0.4, 0.5) is 11.6 Å².